The van der Waals surface area contributed by atoms with Crippen LogP contribution in [-0.4, -0.2) is 48.2 Å². The molecule has 0 saturated carbocycles. The van der Waals surface area contributed by atoms with Crippen molar-refractivity contribution in [3.05, 3.63) is 23.9 Å². The third kappa shape index (κ3) is 2.61. The van der Waals surface area contributed by atoms with Crippen LogP contribution in [0.5, 0.6) is 5.88 Å². The predicted molar refractivity (Wildman–Crippen MR) is 66.7 cm³/mol. The first-order chi connectivity index (χ1) is 8.61. The molecule has 0 bridgehead atoms. The van der Waals surface area contributed by atoms with Gasteiger partial charge in [0, 0.05) is 18.8 Å². The number of hydrogen-bond donors (Lipinski definition) is 0. The molecule has 18 heavy (non-hydrogen) atoms. The lowest BCUT2D eigenvalue weighted by Gasteiger charge is -2.36. The molecule has 0 aliphatic carbocycles. The predicted octanol–water partition coefficient (Wildman–Crippen LogP) is 1.34. The number of carbonyl (C=O) groups excluding carboxylic acids is 1. The SMILES string of the molecule is COc1ccc(C(=O)N2C[C@H](C)OC[C@H]2C)cn1. The normalized spacial score (nSPS) is 23.8. The van der Waals surface area contributed by atoms with Crippen LogP contribution in [0.1, 0.15) is 24.2 Å². The van der Waals surface area contributed by atoms with E-state index in [1.807, 2.05) is 18.7 Å². The van der Waals surface area contributed by atoms with Crippen LogP contribution in [0, 0.1) is 0 Å². The molecule has 1 aromatic heterocycles. The Balaban J connectivity index is 2.13. The van der Waals surface area contributed by atoms with E-state index >= 15 is 0 Å². The van der Waals surface area contributed by atoms with E-state index in [0.717, 1.165) is 0 Å². The van der Waals surface area contributed by atoms with Crippen LogP contribution in [0.15, 0.2) is 18.3 Å². The summed E-state index contributed by atoms with van der Waals surface area (Å²) in [4.78, 5) is 18.2. The van der Waals surface area contributed by atoms with Gasteiger partial charge in [-0.15, -0.1) is 0 Å². The highest BCUT2D eigenvalue weighted by Gasteiger charge is 2.28. The molecular weight excluding hydrogens is 232 g/mol. The molecule has 1 fully saturated rings. The molecule has 1 aromatic rings. The van der Waals surface area contributed by atoms with Crippen molar-refractivity contribution >= 4 is 5.91 Å². The van der Waals surface area contributed by atoms with Gasteiger partial charge in [-0.2, -0.15) is 0 Å². The smallest absolute Gasteiger partial charge is 0.255 e. The fourth-order valence-corrected chi connectivity index (χ4v) is 1.98. The second kappa shape index (κ2) is 5.35. The third-order valence-corrected chi connectivity index (χ3v) is 3.06. The van der Waals surface area contributed by atoms with E-state index in [9.17, 15) is 4.79 Å². The summed E-state index contributed by atoms with van der Waals surface area (Å²) in [6.07, 6.45) is 1.63. The minimum atomic E-state index is -0.00666. The Kier molecular flexibility index (Phi) is 3.81. The second-order valence-corrected chi connectivity index (χ2v) is 4.54. The number of carbonyl (C=O) groups is 1. The van der Waals surface area contributed by atoms with Gasteiger partial charge in [0.1, 0.15) is 0 Å². The molecule has 5 nitrogen and oxygen atoms in total. The fourth-order valence-electron chi connectivity index (χ4n) is 1.98. The molecule has 98 valence electrons. The Labute approximate surface area is 107 Å². The summed E-state index contributed by atoms with van der Waals surface area (Å²) >= 11 is 0. The van der Waals surface area contributed by atoms with Crippen molar-refractivity contribution in [2.24, 2.45) is 0 Å². The zero-order chi connectivity index (χ0) is 13.1. The highest BCUT2D eigenvalue weighted by atomic mass is 16.5. The summed E-state index contributed by atoms with van der Waals surface area (Å²) in [5.74, 6) is 0.503. The molecule has 2 heterocycles. The van der Waals surface area contributed by atoms with Crippen molar-refractivity contribution in [1.29, 1.82) is 0 Å². The van der Waals surface area contributed by atoms with Crippen LogP contribution in [0.4, 0.5) is 0 Å². The summed E-state index contributed by atoms with van der Waals surface area (Å²) < 4.78 is 10.5. The van der Waals surface area contributed by atoms with Crippen molar-refractivity contribution in [2.75, 3.05) is 20.3 Å². The lowest BCUT2D eigenvalue weighted by atomic mass is 10.1. The van der Waals surface area contributed by atoms with E-state index in [2.05, 4.69) is 4.98 Å². The quantitative estimate of drug-likeness (QED) is 0.794. The number of hydrogen-bond acceptors (Lipinski definition) is 4. The maximum Gasteiger partial charge on any atom is 0.255 e. The Morgan fingerprint density at radius 1 is 1.50 bits per heavy atom. The van der Waals surface area contributed by atoms with E-state index < -0.39 is 0 Å². The Morgan fingerprint density at radius 2 is 2.28 bits per heavy atom. The average Bonchev–Trinajstić information content (AvgIpc) is 2.41. The Hall–Kier alpha value is -1.62. The molecule has 1 aliphatic rings. The average molecular weight is 250 g/mol. The van der Waals surface area contributed by atoms with Gasteiger partial charge in [-0.05, 0) is 19.9 Å². The Bertz CT molecular complexity index is 419. The number of methoxy groups -OCH3 is 1. The first-order valence-corrected chi connectivity index (χ1v) is 6.04. The van der Waals surface area contributed by atoms with Gasteiger partial charge < -0.3 is 14.4 Å². The van der Waals surface area contributed by atoms with Crippen molar-refractivity contribution < 1.29 is 14.3 Å². The van der Waals surface area contributed by atoms with Crippen molar-refractivity contribution in [1.82, 2.24) is 9.88 Å². The Morgan fingerprint density at radius 3 is 2.89 bits per heavy atom. The number of pyridine rings is 1. The summed E-state index contributed by atoms with van der Waals surface area (Å²) in [5.41, 5.74) is 0.580. The first-order valence-electron chi connectivity index (χ1n) is 6.04. The molecule has 0 spiro atoms. The van der Waals surface area contributed by atoms with E-state index in [4.69, 9.17) is 9.47 Å². The van der Waals surface area contributed by atoms with Gasteiger partial charge in [0.25, 0.3) is 5.91 Å². The zero-order valence-corrected chi connectivity index (χ0v) is 10.9. The molecule has 5 heteroatoms. The lowest BCUT2D eigenvalue weighted by Crippen LogP contribution is -2.50. The summed E-state index contributed by atoms with van der Waals surface area (Å²) in [6, 6.07) is 3.53. The number of ether oxygens (including phenoxy) is 2. The molecule has 1 amide bonds. The van der Waals surface area contributed by atoms with Crippen molar-refractivity contribution in [3.8, 4) is 5.88 Å². The molecule has 2 atom stereocenters. The van der Waals surface area contributed by atoms with Crippen molar-refractivity contribution in [3.63, 3.8) is 0 Å². The topological polar surface area (TPSA) is 51.7 Å². The second-order valence-electron chi connectivity index (χ2n) is 4.54. The van der Waals surface area contributed by atoms with Crippen LogP contribution in [0.2, 0.25) is 0 Å². The zero-order valence-electron chi connectivity index (χ0n) is 10.9. The molecule has 0 radical (unpaired) electrons. The van der Waals surface area contributed by atoms with Gasteiger partial charge in [0.15, 0.2) is 0 Å². The third-order valence-electron chi connectivity index (χ3n) is 3.06. The number of rotatable bonds is 2. The molecular formula is C13H18N2O3. The van der Waals surface area contributed by atoms with Gasteiger partial charge >= 0.3 is 0 Å². The van der Waals surface area contributed by atoms with Gasteiger partial charge in [-0.3, -0.25) is 4.79 Å². The van der Waals surface area contributed by atoms with E-state index in [-0.39, 0.29) is 18.1 Å². The number of morpholine rings is 1. The maximum absolute atomic E-state index is 12.3. The lowest BCUT2D eigenvalue weighted by molar-refractivity contribution is -0.0387. The standard InChI is InChI=1S/C13H18N2O3/c1-9-8-18-10(2)7-15(9)13(16)11-4-5-12(17-3)14-6-11/h4-6,9-10H,7-8H2,1-3H3/t9-,10+/m1/s1. The molecule has 0 N–H and O–H groups in total. The van der Waals surface area contributed by atoms with E-state index in [1.54, 1.807) is 25.4 Å². The van der Waals surface area contributed by atoms with E-state index in [1.165, 1.54) is 0 Å². The first kappa shape index (κ1) is 12.8. The molecule has 2 rings (SSSR count). The molecule has 1 aliphatic heterocycles. The molecule has 0 aromatic carbocycles. The van der Waals surface area contributed by atoms with Gasteiger partial charge in [-0.25, -0.2) is 4.98 Å². The highest BCUT2D eigenvalue weighted by molar-refractivity contribution is 5.94. The molecule has 0 unspecified atom stereocenters. The minimum Gasteiger partial charge on any atom is -0.481 e. The van der Waals surface area contributed by atoms with Gasteiger partial charge in [-0.1, -0.05) is 0 Å². The van der Waals surface area contributed by atoms with Gasteiger partial charge in [0.2, 0.25) is 5.88 Å². The van der Waals surface area contributed by atoms with Crippen LogP contribution >= 0.6 is 0 Å². The van der Waals surface area contributed by atoms with E-state index in [0.29, 0.717) is 24.6 Å². The number of amides is 1. The molecule has 1 saturated heterocycles. The van der Waals surface area contributed by atoms with Crippen LogP contribution in [0.25, 0.3) is 0 Å². The van der Waals surface area contributed by atoms with Crippen LogP contribution < -0.4 is 4.74 Å². The summed E-state index contributed by atoms with van der Waals surface area (Å²) in [5, 5.41) is 0. The van der Waals surface area contributed by atoms with Gasteiger partial charge in [0.05, 0.1) is 31.4 Å². The minimum absolute atomic E-state index is 0.00666. The monoisotopic (exact) mass is 250 g/mol. The number of nitrogens with zero attached hydrogens (tertiary/aromatic N) is 2. The largest absolute Gasteiger partial charge is 0.481 e. The summed E-state index contributed by atoms with van der Waals surface area (Å²) in [7, 11) is 1.55. The summed E-state index contributed by atoms with van der Waals surface area (Å²) in [6.45, 7) is 5.15. The van der Waals surface area contributed by atoms with Crippen LogP contribution in [-0.2, 0) is 4.74 Å². The highest BCUT2D eigenvalue weighted by Crippen LogP contribution is 2.16. The maximum atomic E-state index is 12.3. The number of aromatic nitrogens is 1. The van der Waals surface area contributed by atoms with Crippen molar-refractivity contribution in [2.45, 2.75) is 26.0 Å². The fraction of sp³-hybridized carbons (Fsp3) is 0.538. The van der Waals surface area contributed by atoms with Crippen LogP contribution in [0.3, 0.4) is 0 Å².